The van der Waals surface area contributed by atoms with E-state index in [1.807, 2.05) is 25.3 Å². The molecule has 1 saturated heterocycles. The number of amides is 1. The monoisotopic (exact) mass is 338 g/mol. The van der Waals surface area contributed by atoms with Crippen molar-refractivity contribution in [3.8, 4) is 0 Å². The first kappa shape index (κ1) is 17.4. The van der Waals surface area contributed by atoms with Crippen molar-refractivity contribution < 1.29 is 4.79 Å². The summed E-state index contributed by atoms with van der Waals surface area (Å²) in [6, 6.07) is 7.68. The lowest BCUT2D eigenvalue weighted by Crippen LogP contribution is -2.23. The summed E-state index contributed by atoms with van der Waals surface area (Å²) in [7, 11) is 0. The van der Waals surface area contributed by atoms with Crippen LogP contribution in [0, 0.1) is 12.8 Å². The van der Waals surface area contributed by atoms with E-state index in [4.69, 9.17) is 10.7 Å². The minimum absolute atomic E-state index is 0.365. The zero-order valence-electron chi connectivity index (χ0n) is 15.0. The van der Waals surface area contributed by atoms with Crippen molar-refractivity contribution in [3.63, 3.8) is 0 Å². The average molecular weight is 338 g/mol. The molecule has 0 spiro atoms. The van der Waals surface area contributed by atoms with Gasteiger partial charge in [0.2, 0.25) is 5.91 Å². The van der Waals surface area contributed by atoms with Gasteiger partial charge >= 0.3 is 0 Å². The number of aromatic nitrogens is 2. The molecular formula is C20H26N4O. The summed E-state index contributed by atoms with van der Waals surface area (Å²) < 4.78 is 0. The van der Waals surface area contributed by atoms with Gasteiger partial charge in [0.25, 0.3) is 0 Å². The van der Waals surface area contributed by atoms with Crippen LogP contribution in [0.3, 0.4) is 0 Å². The Bertz CT molecular complexity index is 759. The molecule has 2 aromatic rings. The number of rotatable bonds is 6. The van der Waals surface area contributed by atoms with Crippen LogP contribution >= 0.6 is 0 Å². The largest absolute Gasteiger partial charge is 0.366 e. The second-order valence-electron chi connectivity index (χ2n) is 6.89. The van der Waals surface area contributed by atoms with E-state index in [9.17, 15) is 4.79 Å². The van der Waals surface area contributed by atoms with Crippen molar-refractivity contribution in [2.24, 2.45) is 11.7 Å². The standard InChI is InChI=1S/C20H26N4O/c1-3-5-18-12-22-14(2)23-20(18)24-9-8-16(13-24)10-15-6-4-7-17(11-15)19(21)25/h4,6-7,11-12,16H,3,5,8-10,13H2,1-2H3,(H2,21,25)/t16-/m0/s1. The fourth-order valence-corrected chi connectivity index (χ4v) is 3.58. The number of hydrogen-bond donors (Lipinski definition) is 1. The Labute approximate surface area is 149 Å². The van der Waals surface area contributed by atoms with E-state index in [2.05, 4.69) is 22.9 Å². The van der Waals surface area contributed by atoms with Crippen LogP contribution in [0.4, 0.5) is 5.82 Å². The zero-order chi connectivity index (χ0) is 17.8. The van der Waals surface area contributed by atoms with E-state index >= 15 is 0 Å². The molecule has 1 aliphatic rings. The minimum Gasteiger partial charge on any atom is -0.366 e. The van der Waals surface area contributed by atoms with Crippen molar-refractivity contribution in [2.75, 3.05) is 18.0 Å². The molecule has 2 heterocycles. The molecule has 0 bridgehead atoms. The third kappa shape index (κ3) is 4.16. The van der Waals surface area contributed by atoms with Crippen LogP contribution < -0.4 is 10.6 Å². The maximum absolute atomic E-state index is 11.4. The van der Waals surface area contributed by atoms with Crippen LogP contribution in [0.1, 0.15) is 47.1 Å². The third-order valence-electron chi connectivity index (χ3n) is 4.80. The van der Waals surface area contributed by atoms with Crippen LogP contribution in [-0.4, -0.2) is 29.0 Å². The number of hydrogen-bond acceptors (Lipinski definition) is 4. The lowest BCUT2D eigenvalue weighted by Gasteiger charge is -2.21. The van der Waals surface area contributed by atoms with Crippen molar-refractivity contribution in [1.82, 2.24) is 9.97 Å². The van der Waals surface area contributed by atoms with Gasteiger partial charge in [0.1, 0.15) is 11.6 Å². The molecule has 2 N–H and O–H groups in total. The zero-order valence-corrected chi connectivity index (χ0v) is 15.0. The van der Waals surface area contributed by atoms with Gasteiger partial charge in [0.15, 0.2) is 0 Å². The Kier molecular flexibility index (Phi) is 5.31. The predicted octanol–water partition coefficient (Wildman–Crippen LogP) is 2.91. The molecule has 1 aliphatic heterocycles. The molecule has 1 aromatic carbocycles. The maximum Gasteiger partial charge on any atom is 0.248 e. The first-order valence-corrected chi connectivity index (χ1v) is 9.03. The summed E-state index contributed by atoms with van der Waals surface area (Å²) in [5.74, 6) is 2.12. The van der Waals surface area contributed by atoms with E-state index in [1.54, 1.807) is 6.07 Å². The summed E-state index contributed by atoms with van der Waals surface area (Å²) in [6.45, 7) is 6.14. The van der Waals surface area contributed by atoms with Crippen molar-refractivity contribution in [2.45, 2.75) is 39.5 Å². The topological polar surface area (TPSA) is 72.1 Å². The van der Waals surface area contributed by atoms with Crippen molar-refractivity contribution >= 4 is 11.7 Å². The van der Waals surface area contributed by atoms with Gasteiger partial charge in [-0.2, -0.15) is 0 Å². The predicted molar refractivity (Wildman–Crippen MR) is 99.7 cm³/mol. The number of nitrogens with zero attached hydrogens (tertiary/aromatic N) is 3. The quantitative estimate of drug-likeness (QED) is 0.879. The molecule has 1 fully saturated rings. The average Bonchev–Trinajstić information content (AvgIpc) is 3.05. The summed E-state index contributed by atoms with van der Waals surface area (Å²) in [4.78, 5) is 22.8. The fraction of sp³-hybridized carbons (Fsp3) is 0.450. The van der Waals surface area contributed by atoms with Crippen LogP contribution in [0.2, 0.25) is 0 Å². The Morgan fingerprint density at radius 3 is 3.00 bits per heavy atom. The van der Waals surface area contributed by atoms with Crippen molar-refractivity contribution in [1.29, 1.82) is 0 Å². The molecule has 0 saturated carbocycles. The van der Waals surface area contributed by atoms with E-state index in [1.165, 1.54) is 11.1 Å². The fourth-order valence-electron chi connectivity index (χ4n) is 3.58. The number of nitrogens with two attached hydrogens (primary N) is 1. The maximum atomic E-state index is 11.4. The number of anilines is 1. The van der Waals surface area contributed by atoms with Crippen molar-refractivity contribution in [3.05, 3.63) is 53.0 Å². The highest BCUT2D eigenvalue weighted by atomic mass is 16.1. The lowest BCUT2D eigenvalue weighted by atomic mass is 9.97. The highest BCUT2D eigenvalue weighted by Crippen LogP contribution is 2.28. The van der Waals surface area contributed by atoms with Gasteiger partial charge in [-0.1, -0.05) is 25.5 Å². The molecule has 5 heteroatoms. The van der Waals surface area contributed by atoms with E-state index in [0.717, 1.165) is 50.4 Å². The van der Waals surface area contributed by atoms with Crippen LogP contribution in [0.25, 0.3) is 0 Å². The number of benzene rings is 1. The van der Waals surface area contributed by atoms with Gasteiger partial charge in [-0.3, -0.25) is 4.79 Å². The van der Waals surface area contributed by atoms with Gasteiger partial charge in [0, 0.05) is 30.4 Å². The van der Waals surface area contributed by atoms with Gasteiger partial charge in [-0.15, -0.1) is 0 Å². The van der Waals surface area contributed by atoms with Gasteiger partial charge < -0.3 is 10.6 Å². The molecule has 25 heavy (non-hydrogen) atoms. The number of carbonyl (C=O) groups is 1. The Hall–Kier alpha value is -2.43. The number of primary amides is 1. The molecule has 1 atom stereocenters. The SMILES string of the molecule is CCCc1cnc(C)nc1N1CC[C@@H](Cc2cccc(C(N)=O)c2)C1. The smallest absolute Gasteiger partial charge is 0.248 e. The molecular weight excluding hydrogens is 312 g/mol. The van der Waals surface area contributed by atoms with Gasteiger partial charge in [0.05, 0.1) is 0 Å². The van der Waals surface area contributed by atoms with Crippen LogP contribution in [0.15, 0.2) is 30.5 Å². The Morgan fingerprint density at radius 1 is 1.40 bits per heavy atom. The van der Waals surface area contributed by atoms with E-state index in [0.29, 0.717) is 11.5 Å². The molecule has 0 aliphatic carbocycles. The second kappa shape index (κ2) is 7.64. The molecule has 1 amide bonds. The minimum atomic E-state index is -0.365. The number of aryl methyl sites for hydroxylation is 2. The molecule has 0 radical (unpaired) electrons. The molecule has 0 unspecified atom stereocenters. The summed E-state index contributed by atoms with van der Waals surface area (Å²) in [5, 5.41) is 0. The summed E-state index contributed by atoms with van der Waals surface area (Å²) in [6.07, 6.45) is 6.18. The first-order chi connectivity index (χ1) is 12.1. The van der Waals surface area contributed by atoms with Gasteiger partial charge in [-0.25, -0.2) is 9.97 Å². The van der Waals surface area contributed by atoms with Gasteiger partial charge in [-0.05, 0) is 49.8 Å². The summed E-state index contributed by atoms with van der Waals surface area (Å²) >= 11 is 0. The molecule has 132 valence electrons. The van der Waals surface area contributed by atoms with E-state index < -0.39 is 0 Å². The lowest BCUT2D eigenvalue weighted by molar-refractivity contribution is 0.1000. The van der Waals surface area contributed by atoms with Crippen LogP contribution in [-0.2, 0) is 12.8 Å². The Balaban J connectivity index is 1.71. The number of carbonyl (C=O) groups excluding carboxylic acids is 1. The van der Waals surface area contributed by atoms with E-state index in [-0.39, 0.29) is 5.91 Å². The third-order valence-corrected chi connectivity index (χ3v) is 4.80. The second-order valence-corrected chi connectivity index (χ2v) is 6.89. The highest BCUT2D eigenvalue weighted by Gasteiger charge is 2.25. The molecule has 5 nitrogen and oxygen atoms in total. The Morgan fingerprint density at radius 2 is 2.24 bits per heavy atom. The normalized spacial score (nSPS) is 17.0. The van der Waals surface area contributed by atoms with Crippen LogP contribution in [0.5, 0.6) is 0 Å². The highest BCUT2D eigenvalue weighted by molar-refractivity contribution is 5.92. The molecule has 3 rings (SSSR count). The summed E-state index contributed by atoms with van der Waals surface area (Å²) in [5.41, 5.74) is 8.39. The molecule has 1 aromatic heterocycles. The first-order valence-electron chi connectivity index (χ1n) is 9.03.